The summed E-state index contributed by atoms with van der Waals surface area (Å²) in [7, 11) is 4.34. The molecule has 1 fully saturated rings. The van der Waals surface area contributed by atoms with Crippen molar-refractivity contribution in [1.29, 1.82) is 0 Å². The minimum atomic E-state index is 0.454. The van der Waals surface area contributed by atoms with Gasteiger partial charge in [0.05, 0.1) is 5.69 Å². The van der Waals surface area contributed by atoms with Gasteiger partial charge in [-0.1, -0.05) is 11.6 Å². The minimum Gasteiger partial charge on any atom is -0.306 e. The van der Waals surface area contributed by atoms with Crippen molar-refractivity contribution in [2.24, 2.45) is 0 Å². The summed E-state index contributed by atoms with van der Waals surface area (Å²) in [5, 5.41) is 8.42. The third-order valence-electron chi connectivity index (χ3n) is 3.41. The molecule has 0 unspecified atom stereocenters. The third kappa shape index (κ3) is 3.63. The van der Waals surface area contributed by atoms with Crippen LogP contribution in [0.15, 0.2) is 12.1 Å². The van der Waals surface area contributed by atoms with Crippen molar-refractivity contribution in [3.05, 3.63) is 23.0 Å². The number of hydrogen-bond donors (Lipinski definition) is 0. The van der Waals surface area contributed by atoms with E-state index < -0.39 is 0 Å². The first-order chi connectivity index (χ1) is 8.15. The molecule has 0 radical (unpaired) electrons. The van der Waals surface area contributed by atoms with E-state index in [9.17, 15) is 0 Å². The maximum absolute atomic E-state index is 5.72. The number of nitrogens with zero attached hydrogens (tertiary/aromatic N) is 4. The molecule has 0 saturated carbocycles. The Kier molecular flexibility index (Phi) is 4.31. The fourth-order valence-corrected chi connectivity index (χ4v) is 2.35. The molecule has 1 aliphatic rings. The summed E-state index contributed by atoms with van der Waals surface area (Å²) in [5.41, 5.74) is 0.982. The molecule has 4 nitrogen and oxygen atoms in total. The highest BCUT2D eigenvalue weighted by atomic mass is 35.5. The van der Waals surface area contributed by atoms with Gasteiger partial charge in [-0.3, -0.25) is 4.90 Å². The molecule has 0 spiro atoms. The first-order valence-corrected chi connectivity index (χ1v) is 6.40. The van der Waals surface area contributed by atoms with Crippen LogP contribution in [0.1, 0.15) is 18.5 Å². The maximum atomic E-state index is 5.72. The molecule has 1 aromatic heterocycles. The van der Waals surface area contributed by atoms with E-state index >= 15 is 0 Å². The van der Waals surface area contributed by atoms with Gasteiger partial charge in [-0.2, -0.15) is 5.10 Å². The van der Waals surface area contributed by atoms with Crippen LogP contribution in [0.25, 0.3) is 0 Å². The average Bonchev–Trinajstić information content (AvgIpc) is 2.33. The van der Waals surface area contributed by atoms with E-state index in [1.807, 2.05) is 6.07 Å². The van der Waals surface area contributed by atoms with Crippen LogP contribution in [0.3, 0.4) is 0 Å². The van der Waals surface area contributed by atoms with E-state index in [4.69, 9.17) is 11.6 Å². The van der Waals surface area contributed by atoms with E-state index in [1.54, 1.807) is 6.07 Å². The second-order valence-electron chi connectivity index (χ2n) is 4.80. The highest BCUT2D eigenvalue weighted by Gasteiger charge is 2.20. The van der Waals surface area contributed by atoms with E-state index in [0.717, 1.165) is 12.2 Å². The summed E-state index contributed by atoms with van der Waals surface area (Å²) in [6.07, 6.45) is 2.46. The zero-order valence-corrected chi connectivity index (χ0v) is 11.2. The molecular weight excluding hydrogens is 236 g/mol. The number of likely N-dealkylation sites (tertiary alicyclic amines) is 1. The van der Waals surface area contributed by atoms with Gasteiger partial charge < -0.3 is 4.90 Å². The van der Waals surface area contributed by atoms with Crippen molar-refractivity contribution in [2.45, 2.75) is 25.4 Å². The van der Waals surface area contributed by atoms with Gasteiger partial charge in [-0.25, -0.2) is 0 Å². The zero-order valence-electron chi connectivity index (χ0n) is 10.4. The summed E-state index contributed by atoms with van der Waals surface area (Å²) in [6, 6.07) is 4.40. The Morgan fingerprint density at radius 3 is 2.65 bits per heavy atom. The lowest BCUT2D eigenvalue weighted by Gasteiger charge is -2.34. The Morgan fingerprint density at radius 1 is 1.35 bits per heavy atom. The standard InChI is InChI=1S/C12H19ClN4/c1-16-7-5-11(6-8-16)17(2)9-10-3-4-12(13)15-14-10/h3-4,11H,5-9H2,1-2H3. The molecule has 0 N–H and O–H groups in total. The number of rotatable bonds is 3. The van der Waals surface area contributed by atoms with E-state index in [1.165, 1.54) is 25.9 Å². The topological polar surface area (TPSA) is 32.3 Å². The monoisotopic (exact) mass is 254 g/mol. The second kappa shape index (κ2) is 5.76. The molecule has 0 amide bonds. The van der Waals surface area contributed by atoms with Gasteiger partial charge in [0.15, 0.2) is 5.15 Å². The molecule has 17 heavy (non-hydrogen) atoms. The van der Waals surface area contributed by atoms with Gasteiger partial charge in [-0.15, -0.1) is 5.10 Å². The predicted molar refractivity (Wildman–Crippen MR) is 69.0 cm³/mol. The van der Waals surface area contributed by atoms with E-state index in [0.29, 0.717) is 11.2 Å². The molecule has 0 atom stereocenters. The summed E-state index contributed by atoms with van der Waals surface area (Å²) in [5.74, 6) is 0. The van der Waals surface area contributed by atoms with E-state index in [-0.39, 0.29) is 0 Å². The first-order valence-electron chi connectivity index (χ1n) is 6.02. The molecule has 1 aromatic rings. The van der Waals surface area contributed by atoms with Crippen LogP contribution in [0.4, 0.5) is 0 Å². The van der Waals surface area contributed by atoms with Crippen molar-refractivity contribution < 1.29 is 0 Å². The highest BCUT2D eigenvalue weighted by molar-refractivity contribution is 6.29. The van der Waals surface area contributed by atoms with Gasteiger partial charge in [0, 0.05) is 12.6 Å². The van der Waals surface area contributed by atoms with Crippen LogP contribution in [-0.4, -0.2) is 53.2 Å². The third-order valence-corrected chi connectivity index (χ3v) is 3.61. The lowest BCUT2D eigenvalue weighted by atomic mass is 10.0. The summed E-state index contributed by atoms with van der Waals surface area (Å²) >= 11 is 5.72. The first kappa shape index (κ1) is 12.7. The molecule has 1 aliphatic heterocycles. The molecule has 94 valence electrons. The normalized spacial score (nSPS) is 18.8. The largest absolute Gasteiger partial charge is 0.306 e. The Balaban J connectivity index is 1.88. The van der Waals surface area contributed by atoms with Crippen LogP contribution in [0.5, 0.6) is 0 Å². The fourth-order valence-electron chi connectivity index (χ4n) is 2.25. The average molecular weight is 255 g/mol. The number of halogens is 1. The number of piperidine rings is 1. The van der Waals surface area contributed by atoms with E-state index in [2.05, 4.69) is 34.1 Å². The van der Waals surface area contributed by atoms with Gasteiger partial charge in [0.25, 0.3) is 0 Å². The highest BCUT2D eigenvalue weighted by Crippen LogP contribution is 2.16. The lowest BCUT2D eigenvalue weighted by Crippen LogP contribution is -2.41. The molecule has 5 heteroatoms. The summed E-state index contributed by atoms with van der Waals surface area (Å²) < 4.78 is 0. The van der Waals surface area contributed by atoms with Crippen LogP contribution in [0.2, 0.25) is 5.15 Å². The van der Waals surface area contributed by atoms with Crippen molar-refractivity contribution in [1.82, 2.24) is 20.0 Å². The van der Waals surface area contributed by atoms with Gasteiger partial charge in [-0.05, 0) is 52.2 Å². The summed E-state index contributed by atoms with van der Waals surface area (Å²) in [4.78, 5) is 4.75. The quantitative estimate of drug-likeness (QED) is 0.821. The van der Waals surface area contributed by atoms with Crippen molar-refractivity contribution in [3.63, 3.8) is 0 Å². The van der Waals surface area contributed by atoms with Crippen LogP contribution in [-0.2, 0) is 6.54 Å². The van der Waals surface area contributed by atoms with Crippen LogP contribution in [0, 0.1) is 0 Å². The molecule has 2 rings (SSSR count). The van der Waals surface area contributed by atoms with Crippen molar-refractivity contribution in [2.75, 3.05) is 27.2 Å². The molecule has 0 aromatic carbocycles. The molecule has 1 saturated heterocycles. The van der Waals surface area contributed by atoms with Gasteiger partial charge >= 0.3 is 0 Å². The predicted octanol–water partition coefficient (Wildman–Crippen LogP) is 1.66. The Morgan fingerprint density at radius 2 is 2.06 bits per heavy atom. The Labute approximate surface area is 108 Å². The SMILES string of the molecule is CN1CCC(N(C)Cc2ccc(Cl)nn2)CC1. The Hall–Kier alpha value is -0.710. The van der Waals surface area contributed by atoms with Crippen LogP contribution < -0.4 is 0 Å². The zero-order chi connectivity index (χ0) is 12.3. The maximum Gasteiger partial charge on any atom is 0.151 e. The number of aromatic nitrogens is 2. The molecule has 0 aliphatic carbocycles. The van der Waals surface area contributed by atoms with Crippen molar-refractivity contribution in [3.8, 4) is 0 Å². The Bertz CT molecular complexity index is 346. The number of hydrogen-bond acceptors (Lipinski definition) is 4. The summed E-state index contributed by atoms with van der Waals surface area (Å²) in [6.45, 7) is 3.21. The molecule has 0 bridgehead atoms. The minimum absolute atomic E-state index is 0.454. The second-order valence-corrected chi connectivity index (χ2v) is 5.18. The van der Waals surface area contributed by atoms with Gasteiger partial charge in [0.1, 0.15) is 0 Å². The fraction of sp³-hybridized carbons (Fsp3) is 0.667. The lowest BCUT2D eigenvalue weighted by molar-refractivity contribution is 0.138. The van der Waals surface area contributed by atoms with Gasteiger partial charge in [0.2, 0.25) is 0 Å². The van der Waals surface area contributed by atoms with Crippen molar-refractivity contribution >= 4 is 11.6 Å². The molecule has 2 heterocycles. The smallest absolute Gasteiger partial charge is 0.151 e. The van der Waals surface area contributed by atoms with Crippen LogP contribution >= 0.6 is 11.6 Å². The molecular formula is C12H19ClN4.